The van der Waals surface area contributed by atoms with Gasteiger partial charge in [-0.3, -0.25) is 0 Å². The van der Waals surface area contributed by atoms with E-state index < -0.39 is 20.0 Å². The molecule has 39 heavy (non-hydrogen) atoms. The molecular weight excluding hydrogens is 532 g/mol. The summed E-state index contributed by atoms with van der Waals surface area (Å²) in [5.74, 6) is 2.97. The van der Waals surface area contributed by atoms with Crippen LogP contribution in [0.5, 0.6) is 0 Å². The molecule has 10 atom stereocenters. The zero-order chi connectivity index (χ0) is 28.1. The van der Waals surface area contributed by atoms with Gasteiger partial charge in [0.25, 0.3) is 0 Å². The van der Waals surface area contributed by atoms with Crippen molar-refractivity contribution < 1.29 is 21.6 Å². The fourth-order valence-corrected chi connectivity index (χ4v) is 12.8. The predicted octanol–water partition coefficient (Wildman–Crippen LogP) is 4.65. The summed E-state index contributed by atoms with van der Waals surface area (Å²) in [7, 11) is -6.44. The van der Waals surface area contributed by atoms with E-state index in [0.717, 1.165) is 44.9 Å². The Labute approximate surface area is 237 Å². The van der Waals surface area contributed by atoms with Crippen molar-refractivity contribution >= 4 is 20.0 Å². The van der Waals surface area contributed by atoms with Crippen molar-refractivity contribution in [1.82, 2.24) is 8.61 Å². The SMILES string of the molecule is CC1=C2C[C@H]3[C@@H](CC[C@@H]4CCN(S(C)(=O)=O)CC[C@@]43C)[C@@H]2CC[C@@]2(C1)O[C@@H]1C[C@H](C)CN(S(C)(=O)=O)[C@H]1[C@H]2C. The maximum absolute atomic E-state index is 12.8. The first kappa shape index (κ1) is 28.6. The van der Waals surface area contributed by atoms with Crippen LogP contribution in [0.2, 0.25) is 0 Å². The second-order valence-electron chi connectivity index (χ2n) is 14.8. The highest BCUT2D eigenvalue weighted by molar-refractivity contribution is 7.88. The molecule has 6 aliphatic rings. The lowest BCUT2D eigenvalue weighted by atomic mass is 9.55. The highest BCUT2D eigenvalue weighted by Crippen LogP contribution is 2.64. The molecule has 0 radical (unpaired) electrons. The predicted molar refractivity (Wildman–Crippen MR) is 154 cm³/mol. The summed E-state index contributed by atoms with van der Waals surface area (Å²) in [5.41, 5.74) is 3.06. The maximum Gasteiger partial charge on any atom is 0.211 e. The van der Waals surface area contributed by atoms with Crippen LogP contribution < -0.4 is 0 Å². The summed E-state index contributed by atoms with van der Waals surface area (Å²) >= 11 is 0. The second-order valence-corrected chi connectivity index (χ2v) is 18.7. The fourth-order valence-electron chi connectivity index (χ4n) is 10.6. The minimum absolute atomic E-state index is 0.0138. The lowest BCUT2D eigenvalue weighted by molar-refractivity contribution is -0.0762. The standard InChI is InChI=1S/C30H50N2O5S2/c1-19-15-27-28(32(18-19)39(6,35)36)21(3)30(37-27)11-9-23-24-8-7-22-10-13-31(38(5,33)34)14-12-29(22,4)26(24)16-25(23)20(2)17-30/h19,21-24,26-28H,7-18H2,1-6H3/t19-,21+,22+,23-,24-,26-,27+,28-,29-,30-/m0/s1. The quantitative estimate of drug-likeness (QED) is 0.443. The Morgan fingerprint density at radius 1 is 0.949 bits per heavy atom. The second kappa shape index (κ2) is 9.51. The molecule has 0 aromatic carbocycles. The first-order valence-electron chi connectivity index (χ1n) is 15.4. The van der Waals surface area contributed by atoms with E-state index in [1.54, 1.807) is 14.2 Å². The van der Waals surface area contributed by atoms with Gasteiger partial charge in [0.15, 0.2) is 0 Å². The minimum atomic E-state index is -3.29. The molecule has 1 spiro atoms. The number of rotatable bonds is 2. The average Bonchev–Trinajstić information content (AvgIpc) is 3.20. The van der Waals surface area contributed by atoms with Gasteiger partial charge >= 0.3 is 0 Å². The number of ether oxygens (including phenoxy) is 1. The molecule has 0 aromatic heterocycles. The number of hydrogen-bond acceptors (Lipinski definition) is 5. The number of hydrogen-bond donors (Lipinski definition) is 0. The van der Waals surface area contributed by atoms with Crippen LogP contribution in [-0.2, 0) is 24.8 Å². The Kier molecular flexibility index (Phi) is 6.99. The van der Waals surface area contributed by atoms with Crippen LogP contribution in [0.3, 0.4) is 0 Å². The highest BCUT2D eigenvalue weighted by atomic mass is 32.2. The number of allylic oxidation sites excluding steroid dienone is 1. The van der Waals surface area contributed by atoms with E-state index >= 15 is 0 Å². The maximum atomic E-state index is 12.8. The number of fused-ring (bicyclic) bond motifs is 6. The first-order valence-corrected chi connectivity index (χ1v) is 19.1. The van der Waals surface area contributed by atoms with Crippen LogP contribution in [-0.4, -0.2) is 75.3 Å². The lowest BCUT2D eigenvalue weighted by Gasteiger charge is -2.49. The van der Waals surface area contributed by atoms with E-state index in [2.05, 4.69) is 27.7 Å². The van der Waals surface area contributed by atoms with Crippen molar-refractivity contribution in [3.8, 4) is 0 Å². The molecule has 9 heteroatoms. The topological polar surface area (TPSA) is 84.0 Å². The van der Waals surface area contributed by atoms with Gasteiger partial charge in [0.1, 0.15) is 0 Å². The monoisotopic (exact) mass is 582 g/mol. The van der Waals surface area contributed by atoms with Gasteiger partial charge < -0.3 is 4.74 Å². The van der Waals surface area contributed by atoms with Crippen molar-refractivity contribution in [1.29, 1.82) is 0 Å². The van der Waals surface area contributed by atoms with Crippen LogP contribution in [0.15, 0.2) is 11.1 Å². The molecule has 6 rings (SSSR count). The van der Waals surface area contributed by atoms with Gasteiger partial charge in [-0.1, -0.05) is 31.9 Å². The average molecular weight is 583 g/mol. The summed E-state index contributed by atoms with van der Waals surface area (Å²) in [5, 5.41) is 0. The third-order valence-electron chi connectivity index (χ3n) is 12.6. The molecular formula is C30H50N2O5S2. The Morgan fingerprint density at radius 2 is 1.69 bits per heavy atom. The molecule has 5 fully saturated rings. The third kappa shape index (κ3) is 4.59. The highest BCUT2D eigenvalue weighted by Gasteiger charge is 2.60. The molecule has 0 amide bonds. The van der Waals surface area contributed by atoms with Crippen LogP contribution >= 0.6 is 0 Å². The number of nitrogens with zero attached hydrogens (tertiary/aromatic N) is 2. The van der Waals surface area contributed by atoms with Crippen molar-refractivity contribution in [2.45, 2.75) is 103 Å². The Balaban J connectivity index is 1.27. The Bertz CT molecular complexity index is 1250. The normalized spacial score (nSPS) is 47.7. The zero-order valence-corrected chi connectivity index (χ0v) is 26.5. The van der Waals surface area contributed by atoms with E-state index in [1.807, 2.05) is 0 Å². The summed E-state index contributed by atoms with van der Waals surface area (Å²) in [6.45, 7) is 11.2. The fraction of sp³-hybridized carbons (Fsp3) is 0.933. The molecule has 2 saturated carbocycles. The summed E-state index contributed by atoms with van der Waals surface area (Å²) in [6, 6.07) is -0.0576. The van der Waals surface area contributed by atoms with E-state index in [1.165, 1.54) is 30.9 Å². The molecule has 0 bridgehead atoms. The van der Waals surface area contributed by atoms with E-state index in [9.17, 15) is 16.8 Å². The minimum Gasteiger partial charge on any atom is -0.369 e. The zero-order valence-electron chi connectivity index (χ0n) is 24.9. The molecule has 0 N–H and O–H groups in total. The molecule has 0 aromatic rings. The number of piperidine rings is 1. The molecule has 0 unspecified atom stereocenters. The number of sulfonamides is 2. The van der Waals surface area contributed by atoms with Crippen LogP contribution in [0.25, 0.3) is 0 Å². The van der Waals surface area contributed by atoms with Gasteiger partial charge in [-0.05, 0) is 99.7 Å². The van der Waals surface area contributed by atoms with Crippen LogP contribution in [0.1, 0.15) is 85.5 Å². The Morgan fingerprint density at radius 3 is 2.38 bits per heavy atom. The van der Waals surface area contributed by atoms with E-state index in [0.29, 0.717) is 49.2 Å². The van der Waals surface area contributed by atoms with Crippen LogP contribution in [0, 0.1) is 40.9 Å². The van der Waals surface area contributed by atoms with Gasteiger partial charge in [-0.2, -0.15) is 4.31 Å². The third-order valence-corrected chi connectivity index (χ3v) is 15.2. The summed E-state index contributed by atoms with van der Waals surface area (Å²) in [4.78, 5) is 0. The molecule has 3 heterocycles. The van der Waals surface area contributed by atoms with E-state index in [-0.39, 0.29) is 29.1 Å². The molecule has 3 aliphatic carbocycles. The van der Waals surface area contributed by atoms with E-state index in [4.69, 9.17) is 4.74 Å². The van der Waals surface area contributed by atoms with Crippen molar-refractivity contribution in [3.63, 3.8) is 0 Å². The van der Waals surface area contributed by atoms with Crippen molar-refractivity contribution in [2.75, 3.05) is 32.1 Å². The Hall–Kier alpha value is -0.480. The lowest BCUT2D eigenvalue weighted by Crippen LogP contribution is -2.53. The van der Waals surface area contributed by atoms with Crippen LogP contribution in [0.4, 0.5) is 0 Å². The molecule has 7 nitrogen and oxygen atoms in total. The van der Waals surface area contributed by atoms with Crippen molar-refractivity contribution in [3.05, 3.63) is 11.1 Å². The smallest absolute Gasteiger partial charge is 0.211 e. The van der Waals surface area contributed by atoms with Gasteiger partial charge in [0, 0.05) is 25.6 Å². The largest absolute Gasteiger partial charge is 0.369 e. The van der Waals surface area contributed by atoms with Gasteiger partial charge in [0.2, 0.25) is 20.0 Å². The van der Waals surface area contributed by atoms with Gasteiger partial charge in [0.05, 0.1) is 30.3 Å². The molecule has 3 saturated heterocycles. The van der Waals surface area contributed by atoms with Gasteiger partial charge in [-0.15, -0.1) is 0 Å². The first-order chi connectivity index (χ1) is 18.1. The van der Waals surface area contributed by atoms with Gasteiger partial charge in [-0.25, -0.2) is 21.1 Å². The molecule has 3 aliphatic heterocycles. The summed E-state index contributed by atoms with van der Waals surface area (Å²) < 4.78 is 60.9. The molecule has 222 valence electrons. The summed E-state index contributed by atoms with van der Waals surface area (Å²) in [6.07, 6.45) is 12.3. The van der Waals surface area contributed by atoms with Crippen molar-refractivity contribution in [2.24, 2.45) is 40.9 Å².